The van der Waals surface area contributed by atoms with E-state index in [0.717, 1.165) is 0 Å². The maximum Gasteiger partial charge on any atom is 0.339 e. The van der Waals surface area contributed by atoms with E-state index in [1.54, 1.807) is 24.3 Å². The highest BCUT2D eigenvalue weighted by molar-refractivity contribution is 7.87. The Kier molecular flexibility index (Phi) is 4.28. The lowest BCUT2D eigenvalue weighted by molar-refractivity contribution is 0.101. The van der Waals surface area contributed by atoms with Gasteiger partial charge in [0.15, 0.2) is 11.5 Å². The molecule has 0 aliphatic heterocycles. The van der Waals surface area contributed by atoms with Crippen LogP contribution in [0.1, 0.15) is 17.3 Å². The van der Waals surface area contributed by atoms with Gasteiger partial charge in [-0.25, -0.2) is 0 Å². The summed E-state index contributed by atoms with van der Waals surface area (Å²) in [5.41, 5.74) is 0.176. The summed E-state index contributed by atoms with van der Waals surface area (Å²) in [5.74, 6) is 0.0554. The van der Waals surface area contributed by atoms with E-state index in [9.17, 15) is 13.2 Å². The molecule has 0 atom stereocenters. The van der Waals surface area contributed by atoms with Gasteiger partial charge < -0.3 is 8.92 Å². The lowest BCUT2D eigenvalue weighted by Gasteiger charge is -2.11. The van der Waals surface area contributed by atoms with Crippen molar-refractivity contribution in [1.82, 2.24) is 0 Å². The van der Waals surface area contributed by atoms with Crippen molar-refractivity contribution < 1.29 is 22.1 Å². The first-order valence-electron chi connectivity index (χ1n) is 6.12. The Morgan fingerprint density at radius 2 is 1.71 bits per heavy atom. The number of rotatable bonds is 5. The minimum Gasteiger partial charge on any atom is -0.497 e. The minimum absolute atomic E-state index is 0.0160. The van der Waals surface area contributed by atoms with E-state index in [2.05, 4.69) is 0 Å². The molecule has 0 aliphatic rings. The SMILES string of the molecule is COc1ccc(C(C)=O)c(OS(=O)(=O)c2ccccc2)c1. The van der Waals surface area contributed by atoms with Crippen LogP contribution < -0.4 is 8.92 Å². The molecular formula is C15H14O5S. The van der Waals surface area contributed by atoms with Crippen LogP contribution in [-0.2, 0) is 10.1 Å². The maximum absolute atomic E-state index is 12.2. The van der Waals surface area contributed by atoms with Crippen LogP contribution in [0.25, 0.3) is 0 Å². The van der Waals surface area contributed by atoms with E-state index >= 15 is 0 Å². The third kappa shape index (κ3) is 3.41. The van der Waals surface area contributed by atoms with E-state index in [1.807, 2.05) is 0 Å². The van der Waals surface area contributed by atoms with E-state index < -0.39 is 10.1 Å². The first kappa shape index (κ1) is 15.1. The standard InChI is InChI=1S/C15H14O5S/c1-11(16)14-9-8-12(19-2)10-15(14)20-21(17,18)13-6-4-3-5-7-13/h3-10H,1-2H3. The fourth-order valence-corrected chi connectivity index (χ4v) is 2.70. The molecule has 21 heavy (non-hydrogen) atoms. The van der Waals surface area contributed by atoms with Crippen molar-refractivity contribution >= 4 is 15.9 Å². The fourth-order valence-electron chi connectivity index (χ4n) is 1.74. The second-order valence-corrected chi connectivity index (χ2v) is 5.82. The molecule has 0 spiro atoms. The van der Waals surface area contributed by atoms with Crippen LogP contribution in [-0.4, -0.2) is 21.3 Å². The number of ether oxygens (including phenoxy) is 1. The van der Waals surface area contributed by atoms with Gasteiger partial charge in [0.2, 0.25) is 0 Å². The van der Waals surface area contributed by atoms with E-state index in [-0.39, 0.29) is 22.0 Å². The Hall–Kier alpha value is -2.34. The second-order valence-electron chi connectivity index (χ2n) is 4.27. The Morgan fingerprint density at radius 3 is 2.29 bits per heavy atom. The number of methoxy groups -OCH3 is 1. The zero-order chi connectivity index (χ0) is 15.5. The Bertz CT molecular complexity index is 751. The van der Waals surface area contributed by atoms with Gasteiger partial charge in [0.05, 0.1) is 12.7 Å². The normalized spacial score (nSPS) is 11.0. The number of hydrogen-bond donors (Lipinski definition) is 0. The molecule has 5 nitrogen and oxygen atoms in total. The Labute approximate surface area is 123 Å². The molecule has 0 heterocycles. The topological polar surface area (TPSA) is 69.7 Å². The molecule has 0 amide bonds. The highest BCUT2D eigenvalue weighted by Crippen LogP contribution is 2.28. The average Bonchev–Trinajstić information content (AvgIpc) is 2.47. The highest BCUT2D eigenvalue weighted by atomic mass is 32.2. The molecule has 2 aromatic rings. The minimum atomic E-state index is -4.00. The number of Topliss-reactive ketones (excluding diaryl/α,β-unsaturated/α-hetero) is 1. The number of ketones is 1. The first-order chi connectivity index (χ1) is 9.94. The van der Waals surface area contributed by atoms with Gasteiger partial charge in [0, 0.05) is 6.07 Å². The van der Waals surface area contributed by atoms with Crippen LogP contribution in [0.15, 0.2) is 53.4 Å². The molecule has 6 heteroatoms. The molecule has 0 radical (unpaired) electrons. The van der Waals surface area contributed by atoms with Crippen LogP contribution in [0, 0.1) is 0 Å². The summed E-state index contributed by atoms with van der Waals surface area (Å²) < 4.78 is 34.5. The molecule has 0 saturated carbocycles. The monoisotopic (exact) mass is 306 g/mol. The van der Waals surface area contributed by atoms with E-state index in [4.69, 9.17) is 8.92 Å². The van der Waals surface area contributed by atoms with E-state index in [1.165, 1.54) is 38.3 Å². The van der Waals surface area contributed by atoms with Gasteiger partial charge in [-0.1, -0.05) is 18.2 Å². The molecule has 0 aliphatic carbocycles. The van der Waals surface area contributed by atoms with Gasteiger partial charge in [-0.05, 0) is 31.2 Å². The van der Waals surface area contributed by atoms with Crippen molar-refractivity contribution in [3.05, 3.63) is 54.1 Å². The van der Waals surface area contributed by atoms with Crippen molar-refractivity contribution in [3.63, 3.8) is 0 Å². The molecule has 0 N–H and O–H groups in total. The predicted molar refractivity (Wildman–Crippen MR) is 77.3 cm³/mol. The molecule has 2 aromatic carbocycles. The predicted octanol–water partition coefficient (Wildman–Crippen LogP) is 2.67. The molecular weight excluding hydrogens is 292 g/mol. The van der Waals surface area contributed by atoms with Gasteiger partial charge in [-0.15, -0.1) is 0 Å². The zero-order valence-electron chi connectivity index (χ0n) is 11.6. The van der Waals surface area contributed by atoms with Gasteiger partial charge >= 0.3 is 10.1 Å². The summed E-state index contributed by atoms with van der Waals surface area (Å²) in [4.78, 5) is 11.6. The van der Waals surface area contributed by atoms with Crippen LogP contribution in [0.2, 0.25) is 0 Å². The largest absolute Gasteiger partial charge is 0.497 e. The van der Waals surface area contributed by atoms with Crippen LogP contribution in [0.4, 0.5) is 0 Å². The number of benzene rings is 2. The Balaban J connectivity index is 2.45. The maximum atomic E-state index is 12.2. The molecule has 0 bridgehead atoms. The van der Waals surface area contributed by atoms with Gasteiger partial charge in [-0.2, -0.15) is 8.42 Å². The molecule has 0 unspecified atom stereocenters. The van der Waals surface area contributed by atoms with Gasteiger partial charge in [-0.3, -0.25) is 4.79 Å². The number of carbonyl (C=O) groups is 1. The average molecular weight is 306 g/mol. The van der Waals surface area contributed by atoms with Crippen molar-refractivity contribution in [3.8, 4) is 11.5 Å². The van der Waals surface area contributed by atoms with Crippen LogP contribution in [0.5, 0.6) is 11.5 Å². The van der Waals surface area contributed by atoms with Crippen molar-refractivity contribution in [2.24, 2.45) is 0 Å². The Morgan fingerprint density at radius 1 is 1.05 bits per heavy atom. The van der Waals surface area contributed by atoms with Gasteiger partial charge in [0.1, 0.15) is 10.6 Å². The molecule has 0 fully saturated rings. The van der Waals surface area contributed by atoms with Crippen molar-refractivity contribution in [1.29, 1.82) is 0 Å². The van der Waals surface area contributed by atoms with Crippen LogP contribution in [0.3, 0.4) is 0 Å². The van der Waals surface area contributed by atoms with Crippen LogP contribution >= 0.6 is 0 Å². The van der Waals surface area contributed by atoms with E-state index in [0.29, 0.717) is 5.75 Å². The molecule has 110 valence electrons. The smallest absolute Gasteiger partial charge is 0.339 e. The highest BCUT2D eigenvalue weighted by Gasteiger charge is 2.20. The number of carbonyl (C=O) groups excluding carboxylic acids is 1. The zero-order valence-corrected chi connectivity index (χ0v) is 12.4. The number of hydrogen-bond acceptors (Lipinski definition) is 5. The van der Waals surface area contributed by atoms with Gasteiger partial charge in [0.25, 0.3) is 0 Å². The lowest BCUT2D eigenvalue weighted by atomic mass is 10.1. The summed E-state index contributed by atoms with van der Waals surface area (Å²) in [6.07, 6.45) is 0. The summed E-state index contributed by atoms with van der Waals surface area (Å²) in [6, 6.07) is 12.1. The molecule has 0 aromatic heterocycles. The summed E-state index contributed by atoms with van der Waals surface area (Å²) >= 11 is 0. The summed E-state index contributed by atoms with van der Waals surface area (Å²) in [5, 5.41) is 0. The quantitative estimate of drug-likeness (QED) is 0.627. The van der Waals surface area contributed by atoms with Crippen molar-refractivity contribution in [2.45, 2.75) is 11.8 Å². The third-order valence-electron chi connectivity index (χ3n) is 2.80. The molecule has 2 rings (SSSR count). The first-order valence-corrected chi connectivity index (χ1v) is 7.53. The summed E-state index contributed by atoms with van der Waals surface area (Å²) in [7, 11) is -2.56. The lowest BCUT2D eigenvalue weighted by Crippen LogP contribution is -2.12. The second kappa shape index (κ2) is 5.97. The third-order valence-corrected chi connectivity index (χ3v) is 4.05. The summed E-state index contributed by atoms with van der Waals surface area (Å²) in [6.45, 7) is 1.34. The molecule has 0 saturated heterocycles. The fraction of sp³-hybridized carbons (Fsp3) is 0.133. The van der Waals surface area contributed by atoms with Crippen molar-refractivity contribution in [2.75, 3.05) is 7.11 Å².